The Labute approximate surface area is 97.6 Å². The van der Waals surface area contributed by atoms with E-state index in [2.05, 4.69) is 0 Å². The maximum atomic E-state index is 11.9. The number of hydrogen-bond acceptors (Lipinski definition) is 3. The highest BCUT2D eigenvalue weighted by molar-refractivity contribution is 5.68. The van der Waals surface area contributed by atoms with Crippen LogP contribution in [0.15, 0.2) is 0 Å². The first-order chi connectivity index (χ1) is 7.35. The number of carbonyl (C=O) groups excluding carboxylic acids is 1. The van der Waals surface area contributed by atoms with Crippen LogP contribution >= 0.6 is 0 Å². The fourth-order valence-electron chi connectivity index (χ4n) is 2.05. The van der Waals surface area contributed by atoms with E-state index in [0.717, 1.165) is 19.4 Å². The van der Waals surface area contributed by atoms with Gasteiger partial charge in [-0.25, -0.2) is 4.79 Å². The van der Waals surface area contributed by atoms with E-state index < -0.39 is 5.60 Å². The summed E-state index contributed by atoms with van der Waals surface area (Å²) < 4.78 is 5.35. The van der Waals surface area contributed by atoms with Crippen LogP contribution in [0.25, 0.3) is 0 Å². The number of hydrogen-bond donors (Lipinski definition) is 1. The van der Waals surface area contributed by atoms with Gasteiger partial charge in [0.05, 0.1) is 0 Å². The molecule has 1 rings (SSSR count). The van der Waals surface area contributed by atoms with E-state index >= 15 is 0 Å². The van der Waals surface area contributed by atoms with Gasteiger partial charge in [-0.1, -0.05) is 0 Å². The van der Waals surface area contributed by atoms with Crippen molar-refractivity contribution in [1.82, 2.24) is 4.90 Å². The molecule has 4 heteroatoms. The van der Waals surface area contributed by atoms with Crippen molar-refractivity contribution < 1.29 is 14.6 Å². The van der Waals surface area contributed by atoms with Gasteiger partial charge in [-0.15, -0.1) is 0 Å². The van der Waals surface area contributed by atoms with Gasteiger partial charge in [-0.2, -0.15) is 0 Å². The van der Waals surface area contributed by atoms with E-state index in [0.29, 0.717) is 0 Å². The first kappa shape index (κ1) is 13.3. The molecule has 0 aromatic rings. The van der Waals surface area contributed by atoms with E-state index in [1.807, 2.05) is 27.7 Å². The normalized spacial score (nSPS) is 26.7. The van der Waals surface area contributed by atoms with Gasteiger partial charge in [0.2, 0.25) is 0 Å². The third kappa shape index (κ3) is 3.37. The van der Waals surface area contributed by atoms with Gasteiger partial charge < -0.3 is 14.7 Å². The molecular formula is C12H23NO3. The lowest BCUT2D eigenvalue weighted by molar-refractivity contribution is -0.00285. The Balaban J connectivity index is 2.61. The first-order valence-electron chi connectivity index (χ1n) is 5.95. The van der Waals surface area contributed by atoms with E-state index in [-0.39, 0.29) is 24.7 Å². The van der Waals surface area contributed by atoms with Crippen molar-refractivity contribution in [2.45, 2.75) is 52.2 Å². The standard InChI is InChI=1S/C12H23NO3/c1-9-10(8-14)6-5-7-13(9)11(15)16-12(2,3)4/h9-10,14H,5-8H2,1-4H3/t9-,10+/m1/s1. The number of ether oxygens (including phenoxy) is 1. The van der Waals surface area contributed by atoms with Crippen LogP contribution in [-0.4, -0.2) is 40.9 Å². The van der Waals surface area contributed by atoms with Gasteiger partial charge in [-0.3, -0.25) is 0 Å². The predicted octanol–water partition coefficient (Wildman–Crippen LogP) is 2.01. The molecule has 2 atom stereocenters. The maximum Gasteiger partial charge on any atom is 0.410 e. The summed E-state index contributed by atoms with van der Waals surface area (Å²) >= 11 is 0. The molecule has 1 amide bonds. The smallest absolute Gasteiger partial charge is 0.410 e. The van der Waals surface area contributed by atoms with Crippen molar-refractivity contribution in [3.8, 4) is 0 Å². The Morgan fingerprint density at radius 2 is 2.12 bits per heavy atom. The van der Waals surface area contributed by atoms with Gasteiger partial charge in [0.1, 0.15) is 5.60 Å². The quantitative estimate of drug-likeness (QED) is 0.748. The molecule has 0 radical (unpaired) electrons. The zero-order valence-electron chi connectivity index (χ0n) is 10.7. The molecule has 4 nitrogen and oxygen atoms in total. The monoisotopic (exact) mass is 229 g/mol. The van der Waals surface area contributed by atoms with Gasteiger partial charge in [0, 0.05) is 25.1 Å². The van der Waals surface area contributed by atoms with Crippen LogP contribution in [-0.2, 0) is 4.74 Å². The summed E-state index contributed by atoms with van der Waals surface area (Å²) in [4.78, 5) is 13.6. The molecular weight excluding hydrogens is 206 g/mol. The van der Waals surface area contributed by atoms with Crippen LogP contribution < -0.4 is 0 Å². The predicted molar refractivity (Wildman–Crippen MR) is 62.2 cm³/mol. The molecule has 0 aromatic carbocycles. The number of rotatable bonds is 1. The average Bonchev–Trinajstić information content (AvgIpc) is 2.15. The minimum atomic E-state index is -0.455. The van der Waals surface area contributed by atoms with E-state index in [9.17, 15) is 9.90 Å². The highest BCUT2D eigenvalue weighted by atomic mass is 16.6. The Morgan fingerprint density at radius 1 is 1.50 bits per heavy atom. The molecule has 1 heterocycles. The summed E-state index contributed by atoms with van der Waals surface area (Å²) in [7, 11) is 0. The van der Waals surface area contributed by atoms with Crippen LogP contribution in [0.5, 0.6) is 0 Å². The van der Waals surface area contributed by atoms with E-state index in [1.165, 1.54) is 0 Å². The SMILES string of the molecule is C[C@@H]1[C@H](CO)CCCN1C(=O)OC(C)(C)C. The second-order valence-corrected chi connectivity index (χ2v) is 5.50. The van der Waals surface area contributed by atoms with Crippen LogP contribution in [0.4, 0.5) is 4.79 Å². The molecule has 0 unspecified atom stereocenters. The second-order valence-electron chi connectivity index (χ2n) is 5.50. The Kier molecular flexibility index (Phi) is 4.19. The van der Waals surface area contributed by atoms with Crippen LogP contribution in [0, 0.1) is 5.92 Å². The lowest BCUT2D eigenvalue weighted by Crippen LogP contribution is -2.49. The lowest BCUT2D eigenvalue weighted by Gasteiger charge is -2.39. The number of piperidine rings is 1. The van der Waals surface area contributed by atoms with Crippen molar-refractivity contribution in [2.75, 3.05) is 13.2 Å². The van der Waals surface area contributed by atoms with Gasteiger partial charge >= 0.3 is 6.09 Å². The summed E-state index contributed by atoms with van der Waals surface area (Å²) in [5.74, 6) is 0.182. The Hall–Kier alpha value is -0.770. The highest BCUT2D eigenvalue weighted by Gasteiger charge is 2.33. The Bertz CT molecular complexity index is 247. The van der Waals surface area contributed by atoms with Crippen molar-refractivity contribution >= 4 is 6.09 Å². The summed E-state index contributed by atoms with van der Waals surface area (Å²) in [6.07, 6.45) is 1.66. The fraction of sp³-hybridized carbons (Fsp3) is 0.917. The number of likely N-dealkylation sites (tertiary alicyclic amines) is 1. The van der Waals surface area contributed by atoms with Crippen LogP contribution in [0.1, 0.15) is 40.5 Å². The minimum Gasteiger partial charge on any atom is -0.444 e. The van der Waals surface area contributed by atoms with Crippen LogP contribution in [0.3, 0.4) is 0 Å². The Morgan fingerprint density at radius 3 is 2.62 bits per heavy atom. The molecule has 0 bridgehead atoms. The molecule has 0 aromatic heterocycles. The molecule has 0 aliphatic carbocycles. The average molecular weight is 229 g/mol. The topological polar surface area (TPSA) is 49.8 Å². The zero-order chi connectivity index (χ0) is 12.3. The largest absolute Gasteiger partial charge is 0.444 e. The number of aliphatic hydroxyl groups is 1. The van der Waals surface area contributed by atoms with Crippen LogP contribution in [0.2, 0.25) is 0 Å². The molecule has 1 N–H and O–H groups in total. The summed E-state index contributed by atoms with van der Waals surface area (Å²) in [5, 5.41) is 9.21. The second kappa shape index (κ2) is 5.04. The molecule has 1 aliphatic heterocycles. The fourth-order valence-corrected chi connectivity index (χ4v) is 2.05. The first-order valence-corrected chi connectivity index (χ1v) is 5.95. The molecule has 94 valence electrons. The summed E-state index contributed by atoms with van der Waals surface area (Å²) in [6.45, 7) is 8.44. The molecule has 1 fully saturated rings. The van der Waals surface area contributed by atoms with Crippen molar-refractivity contribution in [3.63, 3.8) is 0 Å². The molecule has 0 saturated carbocycles. The number of aliphatic hydroxyl groups excluding tert-OH is 1. The molecule has 16 heavy (non-hydrogen) atoms. The van der Waals surface area contributed by atoms with E-state index in [1.54, 1.807) is 4.90 Å². The lowest BCUT2D eigenvalue weighted by atomic mass is 9.91. The van der Waals surface area contributed by atoms with Crippen molar-refractivity contribution in [3.05, 3.63) is 0 Å². The van der Waals surface area contributed by atoms with Crippen molar-refractivity contribution in [2.24, 2.45) is 5.92 Å². The molecule has 0 spiro atoms. The molecule has 1 saturated heterocycles. The third-order valence-corrected chi connectivity index (χ3v) is 3.01. The minimum absolute atomic E-state index is 0.0635. The van der Waals surface area contributed by atoms with Gasteiger partial charge in [-0.05, 0) is 40.5 Å². The third-order valence-electron chi connectivity index (χ3n) is 3.01. The number of carbonyl (C=O) groups is 1. The maximum absolute atomic E-state index is 11.9. The number of amides is 1. The number of nitrogens with zero attached hydrogens (tertiary/aromatic N) is 1. The zero-order valence-corrected chi connectivity index (χ0v) is 10.7. The van der Waals surface area contributed by atoms with Crippen molar-refractivity contribution in [1.29, 1.82) is 0 Å². The van der Waals surface area contributed by atoms with E-state index in [4.69, 9.17) is 4.74 Å². The summed E-state index contributed by atoms with van der Waals surface area (Å²) in [6, 6.07) is 0.0635. The van der Waals surface area contributed by atoms with Gasteiger partial charge in [0.25, 0.3) is 0 Å². The molecule has 1 aliphatic rings. The highest BCUT2D eigenvalue weighted by Crippen LogP contribution is 2.24. The summed E-state index contributed by atoms with van der Waals surface area (Å²) in [5.41, 5.74) is -0.455. The van der Waals surface area contributed by atoms with Gasteiger partial charge in [0.15, 0.2) is 0 Å².